The van der Waals surface area contributed by atoms with E-state index in [0.717, 1.165) is 6.07 Å². The first-order valence-electron chi connectivity index (χ1n) is 4.15. The van der Waals surface area contributed by atoms with Crippen LogP contribution < -0.4 is 10.9 Å². The summed E-state index contributed by atoms with van der Waals surface area (Å²) in [7, 11) is 0. The van der Waals surface area contributed by atoms with Crippen molar-refractivity contribution in [2.24, 2.45) is 0 Å². The summed E-state index contributed by atoms with van der Waals surface area (Å²) in [5.41, 5.74) is 5.45. The van der Waals surface area contributed by atoms with E-state index in [4.69, 9.17) is 0 Å². The fourth-order valence-corrected chi connectivity index (χ4v) is 1.43. The fourth-order valence-electron chi connectivity index (χ4n) is 1.43. The van der Waals surface area contributed by atoms with Crippen molar-refractivity contribution in [3.05, 3.63) is 35.4 Å². The number of carbonyl (C=O) groups excluding carboxylic acids is 1. The molecule has 0 bridgehead atoms. The van der Waals surface area contributed by atoms with Crippen LogP contribution >= 0.6 is 0 Å². The minimum Gasteiger partial charge on any atom is -0.291 e. The Bertz CT molecular complexity index is 361. The summed E-state index contributed by atoms with van der Waals surface area (Å²) >= 11 is 0. The molecule has 0 aliphatic carbocycles. The third-order valence-corrected chi connectivity index (χ3v) is 2.06. The standard InChI is InChI=1S/C9H8F2N2O/c10-6-1-5(2-7(11)3-6)8-4-9(14)13-12-8/h1-3,8,12H,4H2,(H,13,14). The summed E-state index contributed by atoms with van der Waals surface area (Å²) in [5, 5.41) is 0. The van der Waals surface area contributed by atoms with Crippen LogP contribution in [0.25, 0.3) is 0 Å². The zero-order valence-electron chi connectivity index (χ0n) is 7.18. The van der Waals surface area contributed by atoms with E-state index in [-0.39, 0.29) is 18.4 Å². The van der Waals surface area contributed by atoms with Crippen molar-refractivity contribution in [3.63, 3.8) is 0 Å². The Morgan fingerprint density at radius 1 is 1.21 bits per heavy atom. The quantitative estimate of drug-likeness (QED) is 0.707. The molecule has 5 heteroatoms. The van der Waals surface area contributed by atoms with E-state index in [1.54, 1.807) is 0 Å². The molecular formula is C9H8F2N2O. The van der Waals surface area contributed by atoms with Gasteiger partial charge in [-0.25, -0.2) is 14.2 Å². The molecule has 2 rings (SSSR count). The van der Waals surface area contributed by atoms with Gasteiger partial charge in [0.05, 0.1) is 6.04 Å². The third-order valence-electron chi connectivity index (χ3n) is 2.06. The zero-order chi connectivity index (χ0) is 10.1. The molecular weight excluding hydrogens is 190 g/mol. The molecule has 1 heterocycles. The number of nitrogens with one attached hydrogen (secondary N) is 2. The fraction of sp³-hybridized carbons (Fsp3) is 0.222. The van der Waals surface area contributed by atoms with Gasteiger partial charge in [0, 0.05) is 12.5 Å². The monoisotopic (exact) mass is 198 g/mol. The molecule has 2 N–H and O–H groups in total. The molecule has 14 heavy (non-hydrogen) atoms. The Labute approximate surface area is 79.1 Å². The number of hydrogen-bond acceptors (Lipinski definition) is 2. The summed E-state index contributed by atoms with van der Waals surface area (Å²) in [4.78, 5) is 10.8. The minimum absolute atomic E-state index is 0.181. The van der Waals surface area contributed by atoms with E-state index in [2.05, 4.69) is 10.9 Å². The van der Waals surface area contributed by atoms with E-state index in [1.807, 2.05) is 0 Å². The van der Waals surface area contributed by atoms with Crippen molar-refractivity contribution in [1.82, 2.24) is 10.9 Å². The van der Waals surface area contributed by atoms with Crippen molar-refractivity contribution >= 4 is 5.91 Å². The lowest BCUT2D eigenvalue weighted by Crippen LogP contribution is -2.27. The summed E-state index contributed by atoms with van der Waals surface area (Å²) in [6.45, 7) is 0. The SMILES string of the molecule is O=C1CC(c2cc(F)cc(F)c2)NN1. The van der Waals surface area contributed by atoms with Gasteiger partial charge >= 0.3 is 0 Å². The van der Waals surface area contributed by atoms with Gasteiger partial charge in [-0.15, -0.1) is 0 Å². The van der Waals surface area contributed by atoms with E-state index in [0.29, 0.717) is 5.56 Å². The molecule has 1 saturated heterocycles. The molecule has 0 spiro atoms. The lowest BCUT2D eigenvalue weighted by Gasteiger charge is -2.08. The van der Waals surface area contributed by atoms with Crippen LogP contribution in [0.2, 0.25) is 0 Å². The first kappa shape index (κ1) is 9.08. The molecule has 1 aliphatic rings. The highest BCUT2D eigenvalue weighted by Crippen LogP contribution is 2.21. The second-order valence-electron chi connectivity index (χ2n) is 3.15. The molecule has 0 radical (unpaired) electrons. The summed E-state index contributed by atoms with van der Waals surface area (Å²) in [6, 6.07) is 2.86. The van der Waals surface area contributed by atoms with Crippen LogP contribution in [0.5, 0.6) is 0 Å². The summed E-state index contributed by atoms with van der Waals surface area (Å²) in [5.74, 6) is -1.46. The second kappa shape index (κ2) is 3.34. The highest BCUT2D eigenvalue weighted by Gasteiger charge is 2.23. The highest BCUT2D eigenvalue weighted by atomic mass is 19.1. The molecule has 0 saturated carbocycles. The van der Waals surface area contributed by atoms with Crippen LogP contribution in [0.3, 0.4) is 0 Å². The topological polar surface area (TPSA) is 41.1 Å². The van der Waals surface area contributed by atoms with E-state index < -0.39 is 11.6 Å². The van der Waals surface area contributed by atoms with Gasteiger partial charge < -0.3 is 0 Å². The van der Waals surface area contributed by atoms with Crippen LogP contribution in [0, 0.1) is 11.6 Å². The zero-order valence-corrected chi connectivity index (χ0v) is 7.18. The average molecular weight is 198 g/mol. The largest absolute Gasteiger partial charge is 0.291 e. The van der Waals surface area contributed by atoms with Gasteiger partial charge in [0.15, 0.2) is 0 Å². The van der Waals surface area contributed by atoms with Gasteiger partial charge in [-0.2, -0.15) is 0 Å². The molecule has 74 valence electrons. The maximum Gasteiger partial charge on any atom is 0.236 e. The molecule has 3 nitrogen and oxygen atoms in total. The lowest BCUT2D eigenvalue weighted by molar-refractivity contribution is -0.119. The maximum absolute atomic E-state index is 12.8. The molecule has 1 atom stereocenters. The number of hydrogen-bond donors (Lipinski definition) is 2. The predicted molar refractivity (Wildman–Crippen MR) is 45.0 cm³/mol. The van der Waals surface area contributed by atoms with Crippen LogP contribution in [0.15, 0.2) is 18.2 Å². The Kier molecular flexibility index (Phi) is 2.17. The van der Waals surface area contributed by atoms with Gasteiger partial charge in [0.25, 0.3) is 0 Å². The first-order valence-corrected chi connectivity index (χ1v) is 4.15. The Morgan fingerprint density at radius 2 is 1.86 bits per heavy atom. The number of halogens is 2. The second-order valence-corrected chi connectivity index (χ2v) is 3.15. The van der Waals surface area contributed by atoms with Crippen LogP contribution in [-0.4, -0.2) is 5.91 Å². The molecule has 1 amide bonds. The average Bonchev–Trinajstić information content (AvgIpc) is 2.50. The molecule has 1 aliphatic heterocycles. The molecule has 1 aromatic rings. The first-order chi connectivity index (χ1) is 6.65. The van der Waals surface area contributed by atoms with E-state index in [1.165, 1.54) is 12.1 Å². The van der Waals surface area contributed by atoms with Crippen LogP contribution in [0.1, 0.15) is 18.0 Å². The number of rotatable bonds is 1. The van der Waals surface area contributed by atoms with Crippen molar-refractivity contribution in [3.8, 4) is 0 Å². The third kappa shape index (κ3) is 1.72. The van der Waals surface area contributed by atoms with Gasteiger partial charge in [-0.3, -0.25) is 10.2 Å². The summed E-state index contributed by atoms with van der Waals surface area (Å²) in [6.07, 6.45) is 0.197. The van der Waals surface area contributed by atoms with Crippen LogP contribution in [-0.2, 0) is 4.79 Å². The predicted octanol–water partition coefficient (Wildman–Crippen LogP) is 1.03. The Balaban J connectivity index is 2.27. The van der Waals surface area contributed by atoms with Gasteiger partial charge in [0.2, 0.25) is 5.91 Å². The number of carbonyl (C=O) groups is 1. The van der Waals surface area contributed by atoms with Crippen molar-refractivity contribution in [2.75, 3.05) is 0 Å². The Hall–Kier alpha value is -1.49. The number of amides is 1. The summed E-state index contributed by atoms with van der Waals surface area (Å²) < 4.78 is 25.6. The van der Waals surface area contributed by atoms with E-state index >= 15 is 0 Å². The van der Waals surface area contributed by atoms with Crippen molar-refractivity contribution in [1.29, 1.82) is 0 Å². The Morgan fingerprint density at radius 3 is 2.36 bits per heavy atom. The number of benzene rings is 1. The van der Waals surface area contributed by atoms with Crippen molar-refractivity contribution in [2.45, 2.75) is 12.5 Å². The van der Waals surface area contributed by atoms with Gasteiger partial charge in [0.1, 0.15) is 11.6 Å². The highest BCUT2D eigenvalue weighted by molar-refractivity contribution is 5.78. The lowest BCUT2D eigenvalue weighted by atomic mass is 10.1. The smallest absolute Gasteiger partial charge is 0.236 e. The van der Waals surface area contributed by atoms with Crippen LogP contribution in [0.4, 0.5) is 8.78 Å². The molecule has 0 aromatic heterocycles. The maximum atomic E-state index is 12.8. The van der Waals surface area contributed by atoms with Gasteiger partial charge in [-0.1, -0.05) is 0 Å². The normalized spacial score (nSPS) is 21.0. The van der Waals surface area contributed by atoms with Gasteiger partial charge in [-0.05, 0) is 17.7 Å². The van der Waals surface area contributed by atoms with E-state index in [9.17, 15) is 13.6 Å². The number of hydrazine groups is 1. The molecule has 1 fully saturated rings. The molecule has 1 unspecified atom stereocenters. The molecule has 1 aromatic carbocycles. The van der Waals surface area contributed by atoms with Crippen molar-refractivity contribution < 1.29 is 13.6 Å². The minimum atomic E-state index is -0.638.